The molecule has 4 nitrogen and oxygen atoms in total. The van der Waals surface area contributed by atoms with E-state index >= 15 is 0 Å². The van der Waals surface area contributed by atoms with E-state index in [1.807, 2.05) is 48.6 Å². The van der Waals surface area contributed by atoms with Gasteiger partial charge in [-0.15, -0.1) is 0 Å². The molecule has 2 aliphatic heterocycles. The number of benzene rings is 4. The molecule has 49 heavy (non-hydrogen) atoms. The minimum atomic E-state index is -3.31. The van der Waals surface area contributed by atoms with E-state index in [-0.39, 0.29) is 0 Å². The third-order valence-corrected chi connectivity index (χ3v) is 22.6. The van der Waals surface area contributed by atoms with Crippen molar-refractivity contribution in [2.75, 3.05) is 0 Å². The summed E-state index contributed by atoms with van der Waals surface area (Å²) in [5, 5.41) is 0. The number of H-pyrrole nitrogens is 2. The summed E-state index contributed by atoms with van der Waals surface area (Å²) in [5.74, 6) is 0. The minimum absolute atomic E-state index is 0.939. The van der Waals surface area contributed by atoms with E-state index in [2.05, 4.69) is 166 Å². The standard InChI is InChI=1S/C20H14N4.4C6H5.Sn/c1-2-14-10-16-5-6-18(23-16)12-20-8-7-19(24-20)11-17-4-3-15(22-17)9-13(1)21-14;4*1-2-4-6-5-3-1;/h1-12,21,24H;4*1-5H;. The Bertz CT molecular complexity index is 2090. The second-order valence-electron chi connectivity index (χ2n) is 12.1. The van der Waals surface area contributed by atoms with Gasteiger partial charge >= 0.3 is 154 Å². The Labute approximate surface area is 290 Å². The third-order valence-electron chi connectivity index (χ3n) is 8.87. The van der Waals surface area contributed by atoms with Crippen molar-refractivity contribution in [2.45, 2.75) is 0 Å². The van der Waals surface area contributed by atoms with Crippen LogP contribution >= 0.6 is 0 Å². The van der Waals surface area contributed by atoms with E-state index in [1.54, 1.807) is 0 Å². The predicted molar refractivity (Wildman–Crippen MR) is 209 cm³/mol. The quantitative estimate of drug-likeness (QED) is 0.182. The molecule has 234 valence electrons. The van der Waals surface area contributed by atoms with Crippen LogP contribution in [0.25, 0.3) is 46.4 Å². The van der Waals surface area contributed by atoms with Crippen molar-refractivity contribution in [3.05, 3.63) is 193 Å². The van der Waals surface area contributed by atoms with Gasteiger partial charge in [-0.05, 0) is 72.8 Å². The fraction of sp³-hybridized carbons (Fsp3) is 0. The first-order valence-electron chi connectivity index (χ1n) is 16.5. The molecule has 4 aromatic carbocycles. The summed E-state index contributed by atoms with van der Waals surface area (Å²) >= 11 is -3.31. The van der Waals surface area contributed by atoms with Gasteiger partial charge in [-0.1, -0.05) is 0 Å². The first-order chi connectivity index (χ1) is 24.2. The van der Waals surface area contributed by atoms with E-state index in [1.165, 1.54) is 14.3 Å². The summed E-state index contributed by atoms with van der Waals surface area (Å²) in [6.45, 7) is 0. The van der Waals surface area contributed by atoms with Gasteiger partial charge in [-0.25, -0.2) is 9.97 Å². The van der Waals surface area contributed by atoms with Crippen LogP contribution < -0.4 is 14.3 Å². The third kappa shape index (κ3) is 6.56. The molecule has 0 atom stereocenters. The van der Waals surface area contributed by atoms with Crippen LogP contribution in [0.15, 0.2) is 170 Å². The first-order valence-corrected chi connectivity index (χ1v) is 22.2. The molecule has 0 fully saturated rings. The Hall–Kier alpha value is -5.72. The van der Waals surface area contributed by atoms with E-state index < -0.39 is 18.4 Å². The maximum atomic E-state index is 4.63. The van der Waals surface area contributed by atoms with Gasteiger partial charge < -0.3 is 9.97 Å². The normalized spacial score (nSPS) is 11.9. The van der Waals surface area contributed by atoms with Crippen molar-refractivity contribution in [2.24, 2.45) is 0 Å². The number of rotatable bonds is 4. The van der Waals surface area contributed by atoms with Gasteiger partial charge in [0.2, 0.25) is 0 Å². The SMILES string of the molecule is C1=Cc2cc3ccc(cc4nc(cc5ccc(cc1n2)[nH]5)C=C4)[nH]3.c1cc[c]([Sn]([c]2ccccc2)([c]2ccccc2)[c]2ccccc2)cc1. The Kier molecular flexibility index (Phi) is 8.61. The molecule has 8 bridgehead atoms. The van der Waals surface area contributed by atoms with Gasteiger partial charge in [-0.2, -0.15) is 0 Å². The molecule has 5 heterocycles. The van der Waals surface area contributed by atoms with Crippen LogP contribution in [0.4, 0.5) is 0 Å². The van der Waals surface area contributed by atoms with Crippen LogP contribution in [-0.2, 0) is 0 Å². The average molecular weight is 737 g/mol. The summed E-state index contributed by atoms with van der Waals surface area (Å²) in [6, 6.07) is 60.8. The molecule has 0 unspecified atom stereocenters. The second-order valence-corrected chi connectivity index (χ2v) is 23.0. The van der Waals surface area contributed by atoms with Crippen LogP contribution in [0.2, 0.25) is 0 Å². The molecule has 7 aromatic rings. The summed E-state index contributed by atoms with van der Waals surface area (Å²) in [4.78, 5) is 16.0. The van der Waals surface area contributed by atoms with Crippen LogP contribution in [0.5, 0.6) is 0 Å². The molecular formula is C44H34N4Sn. The zero-order chi connectivity index (χ0) is 32.9. The number of nitrogens with zero attached hydrogens (tertiary/aromatic N) is 2. The van der Waals surface area contributed by atoms with E-state index in [4.69, 9.17) is 0 Å². The Balaban J connectivity index is 0.000000142. The molecule has 0 aliphatic carbocycles. The molecule has 9 rings (SSSR count). The summed E-state index contributed by atoms with van der Waals surface area (Å²) in [6.07, 6.45) is 8.09. The Morgan fingerprint density at radius 3 is 0.796 bits per heavy atom. The number of hydrogen-bond donors (Lipinski definition) is 2. The Morgan fingerprint density at radius 2 is 0.551 bits per heavy atom. The monoisotopic (exact) mass is 738 g/mol. The molecule has 5 heteroatoms. The second kappa shape index (κ2) is 13.8. The summed E-state index contributed by atoms with van der Waals surface area (Å²) in [5.41, 5.74) is 7.86. The van der Waals surface area contributed by atoms with Gasteiger partial charge in [0.15, 0.2) is 0 Å². The van der Waals surface area contributed by atoms with Crippen LogP contribution in [0, 0.1) is 0 Å². The topological polar surface area (TPSA) is 57.4 Å². The van der Waals surface area contributed by atoms with Crippen molar-refractivity contribution >= 4 is 79.1 Å². The molecule has 2 N–H and O–H groups in total. The fourth-order valence-electron chi connectivity index (χ4n) is 6.70. The van der Waals surface area contributed by atoms with Crippen molar-refractivity contribution in [1.82, 2.24) is 19.9 Å². The van der Waals surface area contributed by atoms with E-state index in [9.17, 15) is 0 Å². The van der Waals surface area contributed by atoms with E-state index in [0.29, 0.717) is 0 Å². The molecule has 0 saturated heterocycles. The predicted octanol–water partition coefficient (Wildman–Crippen LogP) is 7.72. The van der Waals surface area contributed by atoms with Crippen molar-refractivity contribution in [3.63, 3.8) is 0 Å². The van der Waals surface area contributed by atoms with E-state index in [0.717, 1.165) is 44.8 Å². The molecule has 3 aromatic heterocycles. The molecule has 0 radical (unpaired) electrons. The zero-order valence-electron chi connectivity index (χ0n) is 26.9. The number of aromatic nitrogens is 4. The van der Waals surface area contributed by atoms with Crippen LogP contribution in [-0.4, -0.2) is 38.3 Å². The molecule has 0 saturated carbocycles. The molecule has 0 amide bonds. The fourth-order valence-corrected chi connectivity index (χ4v) is 20.3. The number of aromatic amines is 2. The van der Waals surface area contributed by atoms with Crippen LogP contribution in [0.3, 0.4) is 0 Å². The molecular weight excluding hydrogens is 703 g/mol. The van der Waals surface area contributed by atoms with Gasteiger partial charge in [0.1, 0.15) is 0 Å². The van der Waals surface area contributed by atoms with Gasteiger partial charge in [0.25, 0.3) is 0 Å². The van der Waals surface area contributed by atoms with Gasteiger partial charge in [-0.3, -0.25) is 0 Å². The summed E-state index contributed by atoms with van der Waals surface area (Å²) < 4.78 is 5.95. The number of fused-ring (bicyclic) bond motifs is 8. The molecule has 0 spiro atoms. The van der Waals surface area contributed by atoms with Crippen molar-refractivity contribution < 1.29 is 0 Å². The number of nitrogens with one attached hydrogen (secondary N) is 2. The summed E-state index contributed by atoms with van der Waals surface area (Å²) in [7, 11) is 0. The van der Waals surface area contributed by atoms with Crippen molar-refractivity contribution in [3.8, 4) is 0 Å². The number of hydrogen-bond acceptors (Lipinski definition) is 2. The average Bonchev–Trinajstić information content (AvgIpc) is 3.98. The maximum absolute atomic E-state index is 4.63. The van der Waals surface area contributed by atoms with Crippen LogP contribution in [0.1, 0.15) is 22.8 Å². The zero-order valence-corrected chi connectivity index (χ0v) is 29.7. The van der Waals surface area contributed by atoms with Gasteiger partial charge in [0.05, 0.1) is 22.8 Å². The molecule has 2 aliphatic rings. The van der Waals surface area contributed by atoms with Gasteiger partial charge in [0, 0.05) is 22.1 Å². The van der Waals surface area contributed by atoms with Crippen molar-refractivity contribution in [1.29, 1.82) is 0 Å². The Morgan fingerprint density at radius 1 is 0.306 bits per heavy atom. The first kappa shape index (κ1) is 30.6.